The van der Waals surface area contributed by atoms with Crippen molar-refractivity contribution in [2.45, 2.75) is 31.9 Å². The molecule has 0 aliphatic carbocycles. The van der Waals surface area contributed by atoms with E-state index in [0.29, 0.717) is 19.3 Å². The average molecular weight is 226 g/mol. The van der Waals surface area contributed by atoms with Crippen molar-refractivity contribution in [3.05, 3.63) is 0 Å². The number of carbonyl (C=O) groups excluding carboxylic acids is 2. The van der Waals surface area contributed by atoms with Crippen molar-refractivity contribution in [2.75, 3.05) is 6.54 Å². The van der Waals surface area contributed by atoms with Gasteiger partial charge in [-0.1, -0.05) is 6.42 Å². The van der Waals surface area contributed by atoms with E-state index < -0.39 is 18.1 Å². The number of unbranched alkanes of at least 4 members (excludes halogenated alkanes) is 2. The lowest BCUT2D eigenvalue weighted by molar-refractivity contribution is -0.305. The maximum Gasteiger partial charge on any atom is 0.471 e. The van der Waals surface area contributed by atoms with Crippen LogP contribution in [-0.4, -0.2) is 24.6 Å². The lowest BCUT2D eigenvalue weighted by atomic mass is 10.2. The summed E-state index contributed by atoms with van der Waals surface area (Å²) in [6, 6.07) is 0. The van der Waals surface area contributed by atoms with Crippen molar-refractivity contribution in [2.24, 2.45) is 0 Å². The Morgan fingerprint density at radius 1 is 1.13 bits per heavy atom. The molecule has 0 unspecified atom stereocenters. The molecule has 0 aliphatic heterocycles. The molecule has 0 aromatic heterocycles. The first-order chi connectivity index (χ1) is 6.84. The molecule has 15 heavy (non-hydrogen) atoms. The van der Waals surface area contributed by atoms with Crippen LogP contribution < -0.4 is 10.4 Å². The molecule has 0 saturated heterocycles. The first kappa shape index (κ1) is 13.7. The first-order valence-electron chi connectivity index (χ1n) is 4.39. The number of carbonyl (C=O) groups is 2. The van der Waals surface area contributed by atoms with Gasteiger partial charge in [-0.05, 0) is 19.3 Å². The highest BCUT2D eigenvalue weighted by Crippen LogP contribution is 2.13. The van der Waals surface area contributed by atoms with E-state index in [4.69, 9.17) is 0 Å². The second-order valence-corrected chi connectivity index (χ2v) is 2.94. The summed E-state index contributed by atoms with van der Waals surface area (Å²) in [5.74, 6) is -3.16. The predicted molar refractivity (Wildman–Crippen MR) is 42.5 cm³/mol. The molecule has 0 radical (unpaired) electrons. The van der Waals surface area contributed by atoms with Crippen LogP contribution in [0.3, 0.4) is 0 Å². The minimum Gasteiger partial charge on any atom is -0.550 e. The van der Waals surface area contributed by atoms with Gasteiger partial charge in [-0.3, -0.25) is 4.79 Å². The summed E-state index contributed by atoms with van der Waals surface area (Å²) in [4.78, 5) is 20.2. The fraction of sp³-hybridized carbons (Fsp3) is 0.750. The molecular formula is C8H11F3NO3-. The summed E-state index contributed by atoms with van der Waals surface area (Å²) >= 11 is 0. The molecule has 0 saturated carbocycles. The van der Waals surface area contributed by atoms with E-state index in [-0.39, 0.29) is 13.0 Å². The molecule has 0 aromatic carbocycles. The van der Waals surface area contributed by atoms with Crippen molar-refractivity contribution in [1.82, 2.24) is 5.32 Å². The van der Waals surface area contributed by atoms with Gasteiger partial charge < -0.3 is 15.2 Å². The zero-order valence-corrected chi connectivity index (χ0v) is 7.89. The molecule has 1 N–H and O–H groups in total. The van der Waals surface area contributed by atoms with E-state index in [0.717, 1.165) is 0 Å². The molecule has 0 heterocycles. The van der Waals surface area contributed by atoms with Crippen LogP contribution in [0.1, 0.15) is 25.7 Å². The van der Waals surface area contributed by atoms with Crippen LogP contribution in [0.2, 0.25) is 0 Å². The quantitative estimate of drug-likeness (QED) is 0.647. The highest BCUT2D eigenvalue weighted by Gasteiger charge is 2.37. The molecule has 88 valence electrons. The smallest absolute Gasteiger partial charge is 0.471 e. The van der Waals surface area contributed by atoms with Crippen molar-refractivity contribution in [1.29, 1.82) is 0 Å². The number of carboxylic acid groups (broad SMARTS) is 1. The van der Waals surface area contributed by atoms with Gasteiger partial charge in [-0.2, -0.15) is 13.2 Å². The molecule has 0 atom stereocenters. The van der Waals surface area contributed by atoms with E-state index in [1.54, 1.807) is 5.32 Å². The molecule has 4 nitrogen and oxygen atoms in total. The molecule has 0 fully saturated rings. The number of alkyl halides is 3. The molecule has 0 aromatic rings. The molecule has 1 amide bonds. The zero-order valence-electron chi connectivity index (χ0n) is 7.89. The number of hydrogen-bond acceptors (Lipinski definition) is 3. The van der Waals surface area contributed by atoms with E-state index in [2.05, 4.69) is 0 Å². The summed E-state index contributed by atoms with van der Waals surface area (Å²) in [6.07, 6.45) is -3.89. The van der Waals surface area contributed by atoms with Crippen molar-refractivity contribution in [3.63, 3.8) is 0 Å². The Balaban J connectivity index is 3.40. The SMILES string of the molecule is O=C([O-])CCCCCNC(=O)C(F)(F)F. The highest BCUT2D eigenvalue weighted by molar-refractivity contribution is 5.81. The van der Waals surface area contributed by atoms with Crippen LogP contribution in [0.4, 0.5) is 13.2 Å². The number of carboxylic acids is 1. The number of halogens is 3. The maximum absolute atomic E-state index is 11.6. The molecule has 0 spiro atoms. The second kappa shape index (κ2) is 6.26. The van der Waals surface area contributed by atoms with Gasteiger partial charge >= 0.3 is 12.1 Å². The zero-order chi connectivity index (χ0) is 11.9. The van der Waals surface area contributed by atoms with Crippen molar-refractivity contribution >= 4 is 11.9 Å². The standard InChI is InChI=1S/C8H12F3NO3/c9-8(10,11)7(15)12-5-3-1-2-4-6(13)14/h1-5H2,(H,12,15)(H,13,14)/p-1. The third-order valence-electron chi connectivity index (χ3n) is 1.60. The van der Waals surface area contributed by atoms with E-state index in [1.165, 1.54) is 0 Å². The second-order valence-electron chi connectivity index (χ2n) is 2.94. The molecule has 0 bridgehead atoms. The summed E-state index contributed by atoms with van der Waals surface area (Å²) < 4.78 is 34.9. The van der Waals surface area contributed by atoms with Gasteiger partial charge in [0.2, 0.25) is 0 Å². The Kier molecular flexibility index (Phi) is 5.73. The summed E-state index contributed by atoms with van der Waals surface area (Å²) in [5, 5.41) is 11.6. The third-order valence-corrected chi connectivity index (χ3v) is 1.60. The average Bonchev–Trinajstić information content (AvgIpc) is 2.08. The van der Waals surface area contributed by atoms with Crippen LogP contribution in [0.15, 0.2) is 0 Å². The number of aliphatic carboxylic acids is 1. The van der Waals surface area contributed by atoms with Gasteiger partial charge in [-0.25, -0.2) is 0 Å². The third kappa shape index (κ3) is 7.77. The molecule has 0 aliphatic rings. The normalized spacial score (nSPS) is 11.1. The maximum atomic E-state index is 11.6. The van der Waals surface area contributed by atoms with E-state index in [1.807, 2.05) is 0 Å². The topological polar surface area (TPSA) is 69.2 Å². The lowest BCUT2D eigenvalue weighted by Gasteiger charge is -2.07. The molecule has 7 heteroatoms. The number of rotatable bonds is 6. The Hall–Kier alpha value is -1.27. The van der Waals surface area contributed by atoms with Gasteiger partial charge in [0.25, 0.3) is 0 Å². The Morgan fingerprint density at radius 2 is 1.73 bits per heavy atom. The van der Waals surface area contributed by atoms with Crippen LogP contribution in [0, 0.1) is 0 Å². The Bertz CT molecular complexity index is 228. The summed E-state index contributed by atoms with van der Waals surface area (Å²) in [6.45, 7) is -0.106. The van der Waals surface area contributed by atoms with Crippen LogP contribution >= 0.6 is 0 Å². The Labute approximate surface area is 84.5 Å². The first-order valence-corrected chi connectivity index (χ1v) is 4.39. The van der Waals surface area contributed by atoms with Gasteiger partial charge in [0.1, 0.15) is 0 Å². The predicted octanol–water partition coefficient (Wildman–Crippen LogP) is -0.0248. The van der Waals surface area contributed by atoms with Crippen LogP contribution in [-0.2, 0) is 9.59 Å². The minimum absolute atomic E-state index is 0.106. The fourth-order valence-electron chi connectivity index (χ4n) is 0.873. The molecular weight excluding hydrogens is 215 g/mol. The highest BCUT2D eigenvalue weighted by atomic mass is 19.4. The van der Waals surface area contributed by atoms with Crippen LogP contribution in [0.25, 0.3) is 0 Å². The summed E-state index contributed by atoms with van der Waals surface area (Å²) in [5.41, 5.74) is 0. The fourth-order valence-corrected chi connectivity index (χ4v) is 0.873. The van der Waals surface area contributed by atoms with Crippen molar-refractivity contribution in [3.8, 4) is 0 Å². The summed E-state index contributed by atoms with van der Waals surface area (Å²) in [7, 11) is 0. The van der Waals surface area contributed by atoms with Gasteiger partial charge in [-0.15, -0.1) is 0 Å². The van der Waals surface area contributed by atoms with E-state index >= 15 is 0 Å². The van der Waals surface area contributed by atoms with Gasteiger partial charge in [0.15, 0.2) is 0 Å². The largest absolute Gasteiger partial charge is 0.550 e. The number of hydrogen-bond donors (Lipinski definition) is 1. The van der Waals surface area contributed by atoms with E-state index in [9.17, 15) is 27.9 Å². The van der Waals surface area contributed by atoms with Gasteiger partial charge in [0, 0.05) is 12.5 Å². The monoisotopic (exact) mass is 226 g/mol. The molecule has 0 rings (SSSR count). The van der Waals surface area contributed by atoms with Crippen molar-refractivity contribution < 1.29 is 27.9 Å². The number of nitrogens with one attached hydrogen (secondary N) is 1. The lowest BCUT2D eigenvalue weighted by Crippen LogP contribution is -2.37. The van der Waals surface area contributed by atoms with Crippen LogP contribution in [0.5, 0.6) is 0 Å². The van der Waals surface area contributed by atoms with Gasteiger partial charge in [0.05, 0.1) is 0 Å². The minimum atomic E-state index is -4.86. The Morgan fingerprint density at radius 3 is 2.20 bits per heavy atom. The number of amides is 1.